The molecular weight excluding hydrogens is 550 g/mol. The first-order valence-electron chi connectivity index (χ1n) is 8.24. The SMILES string of the molecule is CCOc1c(I)cc(C=C2C(=O)OC3(CCCCC3)OC2=O)cc1I. The number of benzene rings is 1. The molecule has 134 valence electrons. The number of rotatable bonds is 3. The van der Waals surface area contributed by atoms with Crippen LogP contribution in [0.15, 0.2) is 17.7 Å². The highest BCUT2D eigenvalue weighted by atomic mass is 127. The highest BCUT2D eigenvalue weighted by molar-refractivity contribution is 14.1. The zero-order valence-corrected chi connectivity index (χ0v) is 18.1. The average molecular weight is 568 g/mol. The molecule has 3 rings (SSSR count). The summed E-state index contributed by atoms with van der Waals surface area (Å²) in [6.45, 7) is 2.50. The van der Waals surface area contributed by atoms with Crippen molar-refractivity contribution in [1.29, 1.82) is 0 Å². The highest BCUT2D eigenvalue weighted by Gasteiger charge is 2.46. The Labute approximate surface area is 173 Å². The Morgan fingerprint density at radius 3 is 2.16 bits per heavy atom. The molecule has 0 bridgehead atoms. The molecule has 1 heterocycles. The first-order valence-corrected chi connectivity index (χ1v) is 10.4. The minimum Gasteiger partial charge on any atom is -0.492 e. The Hall–Kier alpha value is -0.840. The summed E-state index contributed by atoms with van der Waals surface area (Å²) in [6.07, 6.45) is 5.56. The molecule has 5 nitrogen and oxygen atoms in total. The van der Waals surface area contributed by atoms with E-state index in [1.165, 1.54) is 6.08 Å². The lowest BCUT2D eigenvalue weighted by molar-refractivity contribution is -0.244. The van der Waals surface area contributed by atoms with Crippen LogP contribution in [0.1, 0.15) is 44.6 Å². The van der Waals surface area contributed by atoms with Gasteiger partial charge in [-0.1, -0.05) is 6.42 Å². The van der Waals surface area contributed by atoms with Gasteiger partial charge in [-0.25, -0.2) is 9.59 Å². The van der Waals surface area contributed by atoms with Crippen molar-refractivity contribution in [2.24, 2.45) is 0 Å². The van der Waals surface area contributed by atoms with Gasteiger partial charge in [-0.05, 0) is 88.7 Å². The lowest BCUT2D eigenvalue weighted by Crippen LogP contribution is -2.47. The number of hydrogen-bond donors (Lipinski definition) is 0. The summed E-state index contributed by atoms with van der Waals surface area (Å²) in [4.78, 5) is 24.8. The number of ether oxygens (including phenoxy) is 3. The van der Waals surface area contributed by atoms with Crippen LogP contribution in [0.4, 0.5) is 0 Å². The van der Waals surface area contributed by atoms with E-state index in [2.05, 4.69) is 45.2 Å². The summed E-state index contributed by atoms with van der Waals surface area (Å²) >= 11 is 4.36. The molecule has 1 aromatic rings. The van der Waals surface area contributed by atoms with Gasteiger partial charge in [-0.3, -0.25) is 0 Å². The maximum absolute atomic E-state index is 12.4. The number of hydrogen-bond acceptors (Lipinski definition) is 5. The molecule has 7 heteroatoms. The highest BCUT2D eigenvalue weighted by Crippen LogP contribution is 2.37. The molecule has 0 amide bonds. The Bertz CT molecular complexity index is 690. The molecule has 1 saturated carbocycles. The summed E-state index contributed by atoms with van der Waals surface area (Å²) in [5.41, 5.74) is 0.674. The first kappa shape index (κ1) is 18.9. The van der Waals surface area contributed by atoms with Gasteiger partial charge in [-0.2, -0.15) is 0 Å². The molecule has 1 aliphatic heterocycles. The minimum atomic E-state index is -1.05. The molecule has 0 unspecified atom stereocenters. The Morgan fingerprint density at radius 2 is 1.64 bits per heavy atom. The third-order valence-electron chi connectivity index (χ3n) is 4.23. The monoisotopic (exact) mass is 568 g/mol. The van der Waals surface area contributed by atoms with Crippen LogP contribution in [-0.2, 0) is 19.1 Å². The van der Waals surface area contributed by atoms with Crippen LogP contribution in [0.3, 0.4) is 0 Å². The molecule has 1 aromatic carbocycles. The summed E-state index contributed by atoms with van der Waals surface area (Å²) in [5, 5.41) is 0. The third kappa shape index (κ3) is 4.12. The minimum absolute atomic E-state index is 0.0630. The fourth-order valence-corrected chi connectivity index (χ4v) is 5.20. The molecule has 25 heavy (non-hydrogen) atoms. The standard InChI is InChI=1S/C18H18I2O5/c1-2-23-15-13(19)9-11(10-14(15)20)8-12-16(21)24-18(25-17(12)22)6-4-3-5-7-18/h8-10H,2-7H2,1H3. The second kappa shape index (κ2) is 7.81. The zero-order chi connectivity index (χ0) is 18.0. The van der Waals surface area contributed by atoms with Crippen molar-refractivity contribution in [3.63, 3.8) is 0 Å². The molecule has 0 radical (unpaired) electrons. The maximum atomic E-state index is 12.4. The van der Waals surface area contributed by atoms with Gasteiger partial charge in [0.2, 0.25) is 0 Å². The second-order valence-corrected chi connectivity index (χ2v) is 8.38. The van der Waals surface area contributed by atoms with Crippen molar-refractivity contribution in [2.75, 3.05) is 6.61 Å². The van der Waals surface area contributed by atoms with Crippen LogP contribution >= 0.6 is 45.2 Å². The summed E-state index contributed by atoms with van der Waals surface area (Å²) in [6, 6.07) is 3.73. The predicted octanol–water partition coefficient (Wildman–Crippen LogP) is 4.44. The first-order chi connectivity index (χ1) is 11.9. The number of esters is 2. The van der Waals surface area contributed by atoms with Gasteiger partial charge < -0.3 is 14.2 Å². The number of halogens is 2. The van der Waals surface area contributed by atoms with E-state index in [0.29, 0.717) is 19.4 Å². The molecule has 0 atom stereocenters. The van der Waals surface area contributed by atoms with Crippen molar-refractivity contribution in [3.8, 4) is 5.75 Å². The van der Waals surface area contributed by atoms with Crippen LogP contribution in [0.5, 0.6) is 5.75 Å². The van der Waals surface area contributed by atoms with E-state index in [4.69, 9.17) is 14.2 Å². The summed E-state index contributed by atoms with van der Waals surface area (Å²) in [7, 11) is 0. The molecule has 0 N–H and O–H groups in total. The third-order valence-corrected chi connectivity index (χ3v) is 5.84. The molecule has 2 fully saturated rings. The summed E-state index contributed by atoms with van der Waals surface area (Å²) in [5.74, 6) is -1.44. The van der Waals surface area contributed by atoms with Crippen molar-refractivity contribution in [3.05, 3.63) is 30.4 Å². The molecule has 1 saturated heterocycles. The zero-order valence-electron chi connectivity index (χ0n) is 13.8. The van der Waals surface area contributed by atoms with Crippen molar-refractivity contribution >= 4 is 63.2 Å². The van der Waals surface area contributed by atoms with E-state index in [1.807, 2.05) is 19.1 Å². The van der Waals surface area contributed by atoms with Crippen LogP contribution in [0.25, 0.3) is 6.08 Å². The van der Waals surface area contributed by atoms with Gasteiger partial charge >= 0.3 is 11.9 Å². The normalized spacial score (nSPS) is 19.4. The van der Waals surface area contributed by atoms with Crippen LogP contribution in [-0.4, -0.2) is 24.3 Å². The van der Waals surface area contributed by atoms with Crippen LogP contribution in [0.2, 0.25) is 0 Å². The van der Waals surface area contributed by atoms with E-state index < -0.39 is 17.7 Å². The molecular formula is C18H18I2O5. The van der Waals surface area contributed by atoms with Gasteiger partial charge in [0.1, 0.15) is 11.3 Å². The van der Waals surface area contributed by atoms with Crippen LogP contribution < -0.4 is 4.74 Å². The van der Waals surface area contributed by atoms with Crippen molar-refractivity contribution in [1.82, 2.24) is 0 Å². The maximum Gasteiger partial charge on any atom is 0.348 e. The molecule has 2 aliphatic rings. The Morgan fingerprint density at radius 1 is 1.08 bits per heavy atom. The fourth-order valence-electron chi connectivity index (χ4n) is 3.08. The van der Waals surface area contributed by atoms with Gasteiger partial charge in [0, 0.05) is 12.8 Å². The topological polar surface area (TPSA) is 61.8 Å². The average Bonchev–Trinajstić information content (AvgIpc) is 2.55. The van der Waals surface area contributed by atoms with Crippen LogP contribution in [0, 0.1) is 7.14 Å². The smallest absolute Gasteiger partial charge is 0.348 e. The van der Waals surface area contributed by atoms with Gasteiger partial charge in [0.05, 0.1) is 13.7 Å². The van der Waals surface area contributed by atoms with E-state index in [9.17, 15) is 9.59 Å². The van der Waals surface area contributed by atoms with Crippen molar-refractivity contribution in [2.45, 2.75) is 44.8 Å². The van der Waals surface area contributed by atoms with Gasteiger partial charge in [0.15, 0.2) is 0 Å². The molecule has 1 aliphatic carbocycles. The van der Waals surface area contributed by atoms with Gasteiger partial charge in [-0.15, -0.1) is 0 Å². The Balaban J connectivity index is 1.87. The van der Waals surface area contributed by atoms with E-state index in [-0.39, 0.29) is 5.57 Å². The van der Waals surface area contributed by atoms with Crippen molar-refractivity contribution < 1.29 is 23.8 Å². The van der Waals surface area contributed by atoms with E-state index >= 15 is 0 Å². The lowest BCUT2D eigenvalue weighted by Gasteiger charge is -2.38. The Kier molecular flexibility index (Phi) is 5.92. The van der Waals surface area contributed by atoms with E-state index in [0.717, 1.165) is 37.7 Å². The predicted molar refractivity (Wildman–Crippen MR) is 109 cm³/mol. The fraction of sp³-hybridized carbons (Fsp3) is 0.444. The second-order valence-electron chi connectivity index (χ2n) is 6.06. The quantitative estimate of drug-likeness (QED) is 0.234. The summed E-state index contributed by atoms with van der Waals surface area (Å²) < 4.78 is 18.5. The number of carbonyl (C=O) groups excluding carboxylic acids is 2. The number of carbonyl (C=O) groups is 2. The molecule has 0 aromatic heterocycles. The lowest BCUT2D eigenvalue weighted by atomic mass is 9.93. The van der Waals surface area contributed by atoms with E-state index in [1.54, 1.807) is 0 Å². The van der Waals surface area contributed by atoms with Gasteiger partial charge in [0.25, 0.3) is 5.79 Å². The molecule has 1 spiro atoms. The largest absolute Gasteiger partial charge is 0.492 e.